The minimum atomic E-state index is -0.316. The number of carbonyl (C=O) groups excluding carboxylic acids is 1. The van der Waals surface area contributed by atoms with Gasteiger partial charge in [0.25, 0.3) is 11.5 Å². The SMILES string of the molecule is O=C(c1ccc2c(c1)OCO2)N1CCC(Cn2nc(-c3ccc(F)cc3)ccc2=O)CC1. The van der Waals surface area contributed by atoms with Gasteiger partial charge in [0, 0.05) is 36.8 Å². The minimum Gasteiger partial charge on any atom is -0.454 e. The molecule has 1 saturated heterocycles. The third-order valence-electron chi connectivity index (χ3n) is 5.96. The average Bonchev–Trinajstić information content (AvgIpc) is 3.29. The van der Waals surface area contributed by atoms with Crippen LogP contribution in [0.2, 0.25) is 0 Å². The van der Waals surface area contributed by atoms with Gasteiger partial charge in [0.2, 0.25) is 6.79 Å². The Labute approximate surface area is 184 Å². The van der Waals surface area contributed by atoms with Crippen LogP contribution in [0.25, 0.3) is 11.3 Å². The standard InChI is InChI=1S/C24H22FN3O4/c25-19-4-1-17(2-5-19)20-6-8-23(29)28(26-20)14-16-9-11-27(12-10-16)24(30)18-3-7-21-22(13-18)32-15-31-21/h1-8,13,16H,9-12,14-15H2. The number of ether oxygens (including phenoxy) is 2. The summed E-state index contributed by atoms with van der Waals surface area (Å²) in [6.07, 6.45) is 1.57. The molecule has 0 aliphatic carbocycles. The molecule has 1 fully saturated rings. The molecule has 164 valence electrons. The van der Waals surface area contributed by atoms with Gasteiger partial charge in [0.1, 0.15) is 5.82 Å². The summed E-state index contributed by atoms with van der Waals surface area (Å²) in [6.45, 7) is 1.89. The van der Waals surface area contributed by atoms with Crippen molar-refractivity contribution in [2.45, 2.75) is 19.4 Å². The van der Waals surface area contributed by atoms with E-state index in [9.17, 15) is 14.0 Å². The van der Waals surface area contributed by atoms with Crippen LogP contribution in [0, 0.1) is 11.7 Å². The number of aromatic nitrogens is 2. The molecule has 5 rings (SSSR count). The lowest BCUT2D eigenvalue weighted by atomic mass is 9.96. The van der Waals surface area contributed by atoms with Gasteiger partial charge in [-0.1, -0.05) is 0 Å². The summed E-state index contributed by atoms with van der Waals surface area (Å²) in [6, 6.07) is 14.4. The van der Waals surface area contributed by atoms with Crippen molar-refractivity contribution in [3.05, 3.63) is 76.3 Å². The van der Waals surface area contributed by atoms with Gasteiger partial charge < -0.3 is 14.4 Å². The van der Waals surface area contributed by atoms with Gasteiger partial charge in [0.15, 0.2) is 11.5 Å². The topological polar surface area (TPSA) is 73.7 Å². The Morgan fingerprint density at radius 3 is 2.53 bits per heavy atom. The number of carbonyl (C=O) groups is 1. The average molecular weight is 435 g/mol. The van der Waals surface area contributed by atoms with Crippen LogP contribution in [0.15, 0.2) is 59.4 Å². The van der Waals surface area contributed by atoms with E-state index in [4.69, 9.17) is 9.47 Å². The van der Waals surface area contributed by atoms with Crippen LogP contribution in [-0.2, 0) is 6.54 Å². The molecule has 3 aromatic rings. The van der Waals surface area contributed by atoms with Gasteiger partial charge in [-0.25, -0.2) is 9.07 Å². The highest BCUT2D eigenvalue weighted by molar-refractivity contribution is 5.95. The van der Waals surface area contributed by atoms with Crippen molar-refractivity contribution in [3.63, 3.8) is 0 Å². The van der Waals surface area contributed by atoms with Crippen LogP contribution in [0.5, 0.6) is 11.5 Å². The second kappa shape index (κ2) is 8.45. The Bertz CT molecular complexity index is 1200. The first-order chi connectivity index (χ1) is 15.6. The van der Waals surface area contributed by atoms with Crippen molar-refractivity contribution < 1.29 is 18.7 Å². The molecule has 0 N–H and O–H groups in total. The minimum absolute atomic E-state index is 0.0321. The monoisotopic (exact) mass is 435 g/mol. The first kappa shape index (κ1) is 20.2. The quantitative estimate of drug-likeness (QED) is 0.629. The maximum absolute atomic E-state index is 13.2. The van der Waals surface area contributed by atoms with Gasteiger partial charge in [-0.3, -0.25) is 9.59 Å². The molecule has 0 unspecified atom stereocenters. The lowest BCUT2D eigenvalue weighted by Crippen LogP contribution is -2.40. The first-order valence-electron chi connectivity index (χ1n) is 10.6. The highest BCUT2D eigenvalue weighted by Gasteiger charge is 2.26. The number of halogens is 1. The Morgan fingerprint density at radius 2 is 1.75 bits per heavy atom. The van der Waals surface area contributed by atoms with Crippen LogP contribution < -0.4 is 15.0 Å². The zero-order valence-corrected chi connectivity index (χ0v) is 17.4. The molecule has 0 radical (unpaired) electrons. The lowest BCUT2D eigenvalue weighted by molar-refractivity contribution is 0.0680. The third kappa shape index (κ3) is 4.08. The molecule has 0 saturated carbocycles. The number of piperidine rings is 1. The summed E-state index contributed by atoms with van der Waals surface area (Å²) in [5.74, 6) is 1.14. The van der Waals surface area contributed by atoms with Gasteiger partial charge in [0.05, 0.1) is 5.69 Å². The predicted molar refractivity (Wildman–Crippen MR) is 115 cm³/mol. The van der Waals surface area contributed by atoms with E-state index in [-0.39, 0.29) is 30.0 Å². The molecule has 2 aliphatic heterocycles. The fraction of sp³-hybridized carbons (Fsp3) is 0.292. The summed E-state index contributed by atoms with van der Waals surface area (Å²) in [4.78, 5) is 27.0. The number of hydrogen-bond donors (Lipinski definition) is 0. The molecule has 0 spiro atoms. The summed E-state index contributed by atoms with van der Waals surface area (Å²) >= 11 is 0. The van der Waals surface area contributed by atoms with E-state index in [1.165, 1.54) is 22.9 Å². The number of amides is 1. The summed E-state index contributed by atoms with van der Waals surface area (Å²) < 4.78 is 25.3. The summed E-state index contributed by atoms with van der Waals surface area (Å²) in [5, 5.41) is 4.48. The van der Waals surface area contributed by atoms with E-state index >= 15 is 0 Å². The molecule has 3 heterocycles. The Balaban J connectivity index is 1.23. The van der Waals surface area contributed by atoms with Gasteiger partial charge >= 0.3 is 0 Å². The fourth-order valence-electron chi connectivity index (χ4n) is 4.13. The maximum Gasteiger partial charge on any atom is 0.266 e. The lowest BCUT2D eigenvalue weighted by Gasteiger charge is -2.32. The van der Waals surface area contributed by atoms with E-state index in [1.54, 1.807) is 36.4 Å². The molecular formula is C24H22FN3O4. The van der Waals surface area contributed by atoms with Crippen molar-refractivity contribution in [1.82, 2.24) is 14.7 Å². The first-order valence-corrected chi connectivity index (χ1v) is 10.6. The molecule has 0 bridgehead atoms. The van der Waals surface area contributed by atoms with Crippen LogP contribution in [-0.4, -0.2) is 40.5 Å². The second-order valence-electron chi connectivity index (χ2n) is 8.05. The molecular weight excluding hydrogens is 413 g/mol. The third-order valence-corrected chi connectivity index (χ3v) is 5.96. The van der Waals surface area contributed by atoms with Crippen LogP contribution in [0.1, 0.15) is 23.2 Å². The van der Waals surface area contributed by atoms with E-state index < -0.39 is 0 Å². The fourth-order valence-corrected chi connectivity index (χ4v) is 4.13. The zero-order valence-electron chi connectivity index (χ0n) is 17.4. The zero-order chi connectivity index (χ0) is 22.1. The van der Waals surface area contributed by atoms with E-state index in [2.05, 4.69) is 5.10 Å². The smallest absolute Gasteiger partial charge is 0.266 e. The molecule has 1 aromatic heterocycles. The Morgan fingerprint density at radius 1 is 1.00 bits per heavy atom. The number of benzene rings is 2. The summed E-state index contributed by atoms with van der Waals surface area (Å²) in [7, 11) is 0. The molecule has 32 heavy (non-hydrogen) atoms. The van der Waals surface area contributed by atoms with Crippen molar-refractivity contribution in [3.8, 4) is 22.8 Å². The predicted octanol–water partition coefficient (Wildman–Crippen LogP) is 3.33. The van der Waals surface area contributed by atoms with Crippen LogP contribution in [0.3, 0.4) is 0 Å². The van der Waals surface area contributed by atoms with Crippen molar-refractivity contribution in [1.29, 1.82) is 0 Å². The van der Waals surface area contributed by atoms with Gasteiger partial charge in [-0.05, 0) is 67.3 Å². The molecule has 1 amide bonds. The van der Waals surface area contributed by atoms with Crippen LogP contribution >= 0.6 is 0 Å². The number of hydrogen-bond acceptors (Lipinski definition) is 5. The van der Waals surface area contributed by atoms with E-state index in [0.717, 1.165) is 18.4 Å². The maximum atomic E-state index is 13.2. The Kier molecular flexibility index (Phi) is 5.34. The number of rotatable bonds is 4. The van der Waals surface area contributed by atoms with Crippen molar-refractivity contribution in [2.24, 2.45) is 5.92 Å². The van der Waals surface area contributed by atoms with Crippen molar-refractivity contribution in [2.75, 3.05) is 19.9 Å². The summed E-state index contributed by atoms with van der Waals surface area (Å²) in [5.41, 5.74) is 1.79. The highest BCUT2D eigenvalue weighted by atomic mass is 19.1. The van der Waals surface area contributed by atoms with Crippen LogP contribution in [0.4, 0.5) is 4.39 Å². The number of fused-ring (bicyclic) bond motifs is 1. The number of nitrogens with zero attached hydrogens (tertiary/aromatic N) is 3. The Hall–Kier alpha value is -3.68. The molecule has 2 aliphatic rings. The highest BCUT2D eigenvalue weighted by Crippen LogP contribution is 2.33. The molecule has 7 nitrogen and oxygen atoms in total. The van der Waals surface area contributed by atoms with Gasteiger partial charge in [-0.15, -0.1) is 0 Å². The molecule has 8 heteroatoms. The largest absolute Gasteiger partial charge is 0.454 e. The van der Waals surface area contributed by atoms with E-state index in [0.29, 0.717) is 42.4 Å². The normalized spacial score (nSPS) is 15.7. The second-order valence-corrected chi connectivity index (χ2v) is 8.05. The van der Waals surface area contributed by atoms with Gasteiger partial charge in [-0.2, -0.15) is 5.10 Å². The molecule has 2 aromatic carbocycles. The van der Waals surface area contributed by atoms with E-state index in [1.807, 2.05) is 4.90 Å². The van der Waals surface area contributed by atoms with Crippen molar-refractivity contribution >= 4 is 5.91 Å². The molecule has 0 atom stereocenters. The number of likely N-dealkylation sites (tertiary alicyclic amines) is 1.